The zero-order chi connectivity index (χ0) is 15.2. The maximum absolute atomic E-state index is 12.1. The first-order chi connectivity index (χ1) is 10.1. The first kappa shape index (κ1) is 15.7. The summed E-state index contributed by atoms with van der Waals surface area (Å²) >= 11 is 1.32. The number of carbonyl (C=O) groups excluding carboxylic acids is 2. The van der Waals surface area contributed by atoms with E-state index < -0.39 is 0 Å². The zero-order valence-corrected chi connectivity index (χ0v) is 13.3. The number of nitrogens with one attached hydrogen (secondary N) is 1. The summed E-state index contributed by atoms with van der Waals surface area (Å²) in [4.78, 5) is 31.2. The third-order valence-corrected chi connectivity index (χ3v) is 4.19. The molecule has 21 heavy (non-hydrogen) atoms. The molecule has 1 aliphatic heterocycles. The van der Waals surface area contributed by atoms with Crippen LogP contribution in [0.1, 0.15) is 26.1 Å². The highest BCUT2D eigenvalue weighted by atomic mass is 32.1. The Hall–Kier alpha value is -1.70. The normalized spacial score (nSPS) is 15.1. The number of amides is 2. The number of hydrogen-bond donors (Lipinski definition) is 1. The van der Waals surface area contributed by atoms with Crippen molar-refractivity contribution < 1.29 is 9.59 Å². The van der Waals surface area contributed by atoms with Crippen LogP contribution in [0.2, 0.25) is 0 Å². The second kappa shape index (κ2) is 7.35. The van der Waals surface area contributed by atoms with Gasteiger partial charge in [0.1, 0.15) is 5.82 Å². The van der Waals surface area contributed by atoms with Gasteiger partial charge in [-0.3, -0.25) is 9.59 Å². The van der Waals surface area contributed by atoms with Crippen molar-refractivity contribution >= 4 is 28.5 Å². The van der Waals surface area contributed by atoms with Gasteiger partial charge in [0.25, 0.3) is 0 Å². The summed E-state index contributed by atoms with van der Waals surface area (Å²) < 4.78 is 4.18. The highest BCUT2D eigenvalue weighted by Crippen LogP contribution is 2.11. The summed E-state index contributed by atoms with van der Waals surface area (Å²) in [5.41, 5.74) is 0. The Morgan fingerprint density at radius 3 is 2.48 bits per heavy atom. The molecule has 2 rings (SSSR count). The third kappa shape index (κ3) is 4.38. The summed E-state index contributed by atoms with van der Waals surface area (Å²) in [6.45, 7) is 6.64. The van der Waals surface area contributed by atoms with Gasteiger partial charge in [-0.15, -0.1) is 0 Å². The van der Waals surface area contributed by atoms with Crippen LogP contribution in [0.5, 0.6) is 0 Å². The van der Waals surface area contributed by atoms with Gasteiger partial charge in [-0.25, -0.2) is 4.98 Å². The molecule has 0 atom stereocenters. The van der Waals surface area contributed by atoms with Gasteiger partial charge in [0.05, 0.1) is 0 Å². The Kier molecular flexibility index (Phi) is 5.49. The Labute approximate surface area is 128 Å². The number of nitrogens with zero attached hydrogens (tertiary/aromatic N) is 4. The lowest BCUT2D eigenvalue weighted by Crippen LogP contribution is -2.50. The first-order valence-corrected chi connectivity index (χ1v) is 7.97. The van der Waals surface area contributed by atoms with Gasteiger partial charge >= 0.3 is 0 Å². The molecule has 1 aromatic rings. The van der Waals surface area contributed by atoms with Crippen molar-refractivity contribution in [3.8, 4) is 0 Å². The minimum atomic E-state index is 0.0757. The monoisotopic (exact) mass is 311 g/mol. The molecular formula is C13H21N5O2S. The molecule has 2 amide bonds. The molecule has 116 valence electrons. The van der Waals surface area contributed by atoms with Crippen molar-refractivity contribution in [2.24, 2.45) is 0 Å². The number of piperazine rings is 1. The first-order valence-electron chi connectivity index (χ1n) is 7.20. The fourth-order valence-corrected chi connectivity index (χ4v) is 2.85. The van der Waals surface area contributed by atoms with Crippen LogP contribution in [0.3, 0.4) is 0 Å². The molecule has 7 nitrogen and oxygen atoms in total. The number of anilines is 1. The van der Waals surface area contributed by atoms with Crippen molar-refractivity contribution in [2.75, 3.05) is 38.0 Å². The molecule has 1 aromatic heterocycles. The Morgan fingerprint density at radius 1 is 1.24 bits per heavy atom. The summed E-state index contributed by atoms with van der Waals surface area (Å²) in [5.74, 6) is 1.02. The molecule has 0 bridgehead atoms. The van der Waals surface area contributed by atoms with Gasteiger partial charge in [-0.1, -0.05) is 6.92 Å². The van der Waals surface area contributed by atoms with E-state index in [0.29, 0.717) is 39.1 Å². The van der Waals surface area contributed by atoms with Crippen LogP contribution in [0.4, 0.5) is 5.13 Å². The quantitative estimate of drug-likeness (QED) is 0.861. The average Bonchev–Trinajstić information content (AvgIpc) is 2.95. The Balaban J connectivity index is 1.69. The van der Waals surface area contributed by atoms with Gasteiger partial charge in [0.15, 0.2) is 0 Å². The van der Waals surface area contributed by atoms with Crippen LogP contribution in [-0.2, 0) is 16.0 Å². The van der Waals surface area contributed by atoms with E-state index in [9.17, 15) is 9.59 Å². The predicted octanol–water partition coefficient (Wildman–Crippen LogP) is 0.593. The van der Waals surface area contributed by atoms with Gasteiger partial charge in [-0.2, -0.15) is 4.37 Å². The van der Waals surface area contributed by atoms with Gasteiger partial charge in [-0.05, 0) is 0 Å². The number of rotatable bonds is 5. The molecule has 1 N–H and O–H groups in total. The van der Waals surface area contributed by atoms with Crippen LogP contribution in [-0.4, -0.2) is 63.7 Å². The second-order valence-corrected chi connectivity index (χ2v) is 5.68. The minimum Gasteiger partial charge on any atom is -0.360 e. The Morgan fingerprint density at radius 2 is 1.90 bits per heavy atom. The van der Waals surface area contributed by atoms with E-state index in [2.05, 4.69) is 14.7 Å². The molecule has 0 saturated carbocycles. The highest BCUT2D eigenvalue weighted by molar-refractivity contribution is 7.09. The molecule has 0 spiro atoms. The molecule has 1 aliphatic rings. The lowest BCUT2D eigenvalue weighted by molar-refractivity contribution is -0.138. The zero-order valence-electron chi connectivity index (χ0n) is 12.5. The molecule has 1 fully saturated rings. The molecule has 2 heterocycles. The number of aromatic nitrogens is 2. The minimum absolute atomic E-state index is 0.0757. The van der Waals surface area contributed by atoms with E-state index >= 15 is 0 Å². The number of hydrogen-bond acceptors (Lipinski definition) is 6. The standard InChI is InChI=1S/C13H21N5O2S/c1-3-11-15-13(21-16-11)14-5-4-12(20)18-8-6-17(7-9-18)10(2)19/h3-9H2,1-2H3,(H,14,15,16). The van der Waals surface area contributed by atoms with E-state index in [4.69, 9.17) is 0 Å². The average molecular weight is 311 g/mol. The lowest BCUT2D eigenvalue weighted by Gasteiger charge is -2.34. The smallest absolute Gasteiger partial charge is 0.224 e. The largest absolute Gasteiger partial charge is 0.360 e. The van der Waals surface area contributed by atoms with Gasteiger partial charge < -0.3 is 15.1 Å². The molecule has 0 unspecified atom stereocenters. The maximum Gasteiger partial charge on any atom is 0.224 e. The van der Waals surface area contributed by atoms with E-state index in [-0.39, 0.29) is 11.8 Å². The van der Waals surface area contributed by atoms with E-state index in [1.807, 2.05) is 11.8 Å². The van der Waals surface area contributed by atoms with Crippen molar-refractivity contribution in [3.63, 3.8) is 0 Å². The molecule has 1 saturated heterocycles. The third-order valence-electron chi connectivity index (χ3n) is 3.48. The summed E-state index contributed by atoms with van der Waals surface area (Å²) in [5, 5.41) is 3.89. The lowest BCUT2D eigenvalue weighted by atomic mass is 10.2. The predicted molar refractivity (Wildman–Crippen MR) is 81.2 cm³/mol. The van der Waals surface area contributed by atoms with Crippen LogP contribution >= 0.6 is 11.5 Å². The molecular weight excluding hydrogens is 290 g/mol. The topological polar surface area (TPSA) is 78.4 Å². The van der Waals surface area contributed by atoms with Gasteiger partial charge in [0.2, 0.25) is 16.9 Å². The van der Waals surface area contributed by atoms with E-state index in [0.717, 1.165) is 17.4 Å². The van der Waals surface area contributed by atoms with Gasteiger partial charge in [0, 0.05) is 64.0 Å². The van der Waals surface area contributed by atoms with Crippen LogP contribution in [0.25, 0.3) is 0 Å². The molecule has 0 aliphatic carbocycles. The number of aryl methyl sites for hydroxylation is 1. The van der Waals surface area contributed by atoms with Crippen molar-refractivity contribution in [1.82, 2.24) is 19.2 Å². The summed E-state index contributed by atoms with van der Waals surface area (Å²) in [6.07, 6.45) is 1.25. The Bertz CT molecular complexity index is 497. The van der Waals surface area contributed by atoms with Crippen LogP contribution in [0.15, 0.2) is 0 Å². The maximum atomic E-state index is 12.1. The summed E-state index contributed by atoms with van der Waals surface area (Å²) in [6, 6.07) is 0. The highest BCUT2D eigenvalue weighted by Gasteiger charge is 2.21. The van der Waals surface area contributed by atoms with E-state index in [1.54, 1.807) is 11.8 Å². The summed E-state index contributed by atoms with van der Waals surface area (Å²) in [7, 11) is 0. The molecule has 8 heteroatoms. The van der Waals surface area contributed by atoms with Crippen molar-refractivity contribution in [2.45, 2.75) is 26.7 Å². The fraction of sp³-hybridized carbons (Fsp3) is 0.692. The van der Waals surface area contributed by atoms with E-state index in [1.165, 1.54) is 11.5 Å². The van der Waals surface area contributed by atoms with Crippen molar-refractivity contribution in [1.29, 1.82) is 0 Å². The SMILES string of the molecule is CCc1nsc(NCCC(=O)N2CCN(C(C)=O)CC2)n1. The van der Waals surface area contributed by atoms with Crippen molar-refractivity contribution in [3.05, 3.63) is 5.82 Å². The molecule has 0 radical (unpaired) electrons. The number of carbonyl (C=O) groups is 2. The van der Waals surface area contributed by atoms with Crippen LogP contribution < -0.4 is 5.32 Å². The molecule has 0 aromatic carbocycles. The second-order valence-electron chi connectivity index (χ2n) is 4.93. The van der Waals surface area contributed by atoms with Crippen LogP contribution in [0, 0.1) is 0 Å². The fourth-order valence-electron chi connectivity index (χ4n) is 2.17.